The van der Waals surface area contributed by atoms with Crippen molar-refractivity contribution in [3.05, 3.63) is 41.9 Å². The molecule has 0 fully saturated rings. The minimum Gasteiger partial charge on any atom is -0.468 e. The SMILES string of the molecule is OCCOCc1ncn2c1CN(Cc1ccco1)CCC2. The molecular weight excluding hydrogens is 270 g/mol. The van der Waals surface area contributed by atoms with Crippen molar-refractivity contribution < 1.29 is 14.3 Å². The molecule has 2 aromatic rings. The summed E-state index contributed by atoms with van der Waals surface area (Å²) in [7, 11) is 0. The first kappa shape index (κ1) is 14.3. The van der Waals surface area contributed by atoms with Gasteiger partial charge in [-0.05, 0) is 18.6 Å². The molecule has 0 spiro atoms. The Morgan fingerprint density at radius 3 is 3.14 bits per heavy atom. The zero-order valence-electron chi connectivity index (χ0n) is 12.1. The number of furan rings is 1. The Morgan fingerprint density at radius 1 is 1.38 bits per heavy atom. The fourth-order valence-electron chi connectivity index (χ4n) is 2.69. The number of aliphatic hydroxyl groups excluding tert-OH is 1. The van der Waals surface area contributed by atoms with E-state index in [0.29, 0.717) is 13.2 Å². The molecule has 0 unspecified atom stereocenters. The number of aliphatic hydroxyl groups is 1. The maximum atomic E-state index is 8.79. The van der Waals surface area contributed by atoms with E-state index in [2.05, 4.69) is 14.5 Å². The highest BCUT2D eigenvalue weighted by atomic mass is 16.5. The maximum Gasteiger partial charge on any atom is 0.117 e. The van der Waals surface area contributed by atoms with Crippen LogP contribution in [0, 0.1) is 0 Å². The van der Waals surface area contributed by atoms with Crippen molar-refractivity contribution in [1.82, 2.24) is 14.5 Å². The summed E-state index contributed by atoms with van der Waals surface area (Å²) in [5.41, 5.74) is 2.17. The van der Waals surface area contributed by atoms with Crippen molar-refractivity contribution in [3.63, 3.8) is 0 Å². The lowest BCUT2D eigenvalue weighted by Gasteiger charge is -2.18. The predicted octanol–water partition coefficient (Wildman–Crippen LogP) is 1.39. The van der Waals surface area contributed by atoms with E-state index in [1.807, 2.05) is 18.5 Å². The van der Waals surface area contributed by atoms with Crippen LogP contribution in [0.1, 0.15) is 23.6 Å². The largest absolute Gasteiger partial charge is 0.468 e. The van der Waals surface area contributed by atoms with Gasteiger partial charge in [0.15, 0.2) is 0 Å². The van der Waals surface area contributed by atoms with Crippen LogP contribution in [0.25, 0.3) is 0 Å². The zero-order valence-corrected chi connectivity index (χ0v) is 12.1. The van der Waals surface area contributed by atoms with Gasteiger partial charge in [-0.2, -0.15) is 0 Å². The monoisotopic (exact) mass is 291 g/mol. The molecule has 6 heteroatoms. The molecule has 0 aliphatic carbocycles. The van der Waals surface area contributed by atoms with E-state index in [0.717, 1.165) is 44.1 Å². The van der Waals surface area contributed by atoms with E-state index in [4.69, 9.17) is 14.3 Å². The smallest absolute Gasteiger partial charge is 0.117 e. The highest BCUT2D eigenvalue weighted by Crippen LogP contribution is 2.19. The molecule has 21 heavy (non-hydrogen) atoms. The van der Waals surface area contributed by atoms with E-state index >= 15 is 0 Å². The Morgan fingerprint density at radius 2 is 2.33 bits per heavy atom. The molecule has 3 rings (SSSR count). The molecule has 0 bridgehead atoms. The zero-order chi connectivity index (χ0) is 14.5. The Labute approximate surface area is 124 Å². The van der Waals surface area contributed by atoms with E-state index in [-0.39, 0.29) is 6.61 Å². The Bertz CT molecular complexity index is 551. The molecule has 1 aliphatic heterocycles. The Balaban J connectivity index is 1.69. The van der Waals surface area contributed by atoms with Gasteiger partial charge in [0.2, 0.25) is 0 Å². The lowest BCUT2D eigenvalue weighted by Crippen LogP contribution is -2.23. The lowest BCUT2D eigenvalue weighted by molar-refractivity contribution is 0.0789. The van der Waals surface area contributed by atoms with Crippen molar-refractivity contribution >= 4 is 0 Å². The van der Waals surface area contributed by atoms with Crippen LogP contribution >= 0.6 is 0 Å². The topological polar surface area (TPSA) is 63.7 Å². The molecule has 0 amide bonds. The summed E-state index contributed by atoms with van der Waals surface area (Å²) in [4.78, 5) is 6.82. The standard InChI is InChI=1S/C15H21N3O3/c19-6-8-20-11-14-15-10-17(9-13-3-1-7-21-13)4-2-5-18(15)12-16-14/h1,3,7,12,19H,2,4-6,8-11H2. The van der Waals surface area contributed by atoms with E-state index in [1.165, 1.54) is 5.69 Å². The molecule has 0 saturated heterocycles. The number of aryl methyl sites for hydroxylation is 1. The number of fused-ring (bicyclic) bond motifs is 1. The second-order valence-electron chi connectivity index (χ2n) is 5.25. The molecule has 0 radical (unpaired) electrons. The van der Waals surface area contributed by atoms with Gasteiger partial charge in [-0.25, -0.2) is 4.98 Å². The molecule has 114 valence electrons. The first-order valence-electron chi connectivity index (χ1n) is 7.33. The third kappa shape index (κ3) is 3.53. The van der Waals surface area contributed by atoms with Crippen molar-refractivity contribution in [2.75, 3.05) is 19.8 Å². The summed E-state index contributed by atoms with van der Waals surface area (Å²) >= 11 is 0. The summed E-state index contributed by atoms with van der Waals surface area (Å²) < 4.78 is 13.1. The summed E-state index contributed by atoms with van der Waals surface area (Å²) in [6, 6.07) is 3.93. The molecule has 1 aliphatic rings. The van der Waals surface area contributed by atoms with Gasteiger partial charge >= 0.3 is 0 Å². The third-order valence-electron chi connectivity index (χ3n) is 3.71. The van der Waals surface area contributed by atoms with E-state index in [9.17, 15) is 0 Å². The van der Waals surface area contributed by atoms with Gasteiger partial charge in [-0.1, -0.05) is 0 Å². The number of hydrogen-bond acceptors (Lipinski definition) is 5. The fraction of sp³-hybridized carbons (Fsp3) is 0.533. The van der Waals surface area contributed by atoms with Crippen LogP contribution in [0.2, 0.25) is 0 Å². The minimum atomic E-state index is 0.0423. The number of nitrogens with zero attached hydrogens (tertiary/aromatic N) is 3. The van der Waals surface area contributed by atoms with Gasteiger partial charge in [0, 0.05) is 19.6 Å². The minimum absolute atomic E-state index is 0.0423. The predicted molar refractivity (Wildman–Crippen MR) is 76.4 cm³/mol. The highest BCUT2D eigenvalue weighted by molar-refractivity contribution is 5.13. The number of rotatable bonds is 6. The van der Waals surface area contributed by atoms with Gasteiger partial charge < -0.3 is 18.8 Å². The summed E-state index contributed by atoms with van der Waals surface area (Å²) in [5, 5.41) is 8.79. The second kappa shape index (κ2) is 6.89. The Hall–Kier alpha value is -1.63. The van der Waals surface area contributed by atoms with Gasteiger partial charge in [0.1, 0.15) is 5.76 Å². The first-order chi connectivity index (χ1) is 10.4. The number of imidazole rings is 1. The lowest BCUT2D eigenvalue weighted by atomic mass is 10.3. The van der Waals surface area contributed by atoms with Crippen LogP contribution in [-0.2, 0) is 31.0 Å². The molecule has 0 atom stereocenters. The summed E-state index contributed by atoms with van der Waals surface area (Å²) in [6.07, 6.45) is 4.70. The first-order valence-corrected chi connectivity index (χ1v) is 7.33. The summed E-state index contributed by atoms with van der Waals surface area (Å²) in [6.45, 7) is 4.53. The molecule has 1 N–H and O–H groups in total. The molecule has 6 nitrogen and oxygen atoms in total. The van der Waals surface area contributed by atoms with Gasteiger partial charge in [-0.15, -0.1) is 0 Å². The number of aromatic nitrogens is 2. The van der Waals surface area contributed by atoms with Crippen LogP contribution in [0.5, 0.6) is 0 Å². The van der Waals surface area contributed by atoms with Gasteiger partial charge in [-0.3, -0.25) is 4.90 Å². The average Bonchev–Trinajstić information content (AvgIpc) is 3.06. The van der Waals surface area contributed by atoms with Crippen molar-refractivity contribution in [2.24, 2.45) is 0 Å². The van der Waals surface area contributed by atoms with Gasteiger partial charge in [0.25, 0.3) is 0 Å². The Kier molecular flexibility index (Phi) is 4.69. The molecule has 0 saturated carbocycles. The van der Waals surface area contributed by atoms with Crippen molar-refractivity contribution in [3.8, 4) is 0 Å². The molecule has 3 heterocycles. The number of ether oxygens (including phenoxy) is 1. The van der Waals surface area contributed by atoms with Crippen LogP contribution in [0.15, 0.2) is 29.1 Å². The van der Waals surface area contributed by atoms with Crippen molar-refractivity contribution in [2.45, 2.75) is 32.7 Å². The van der Waals surface area contributed by atoms with Crippen LogP contribution in [-0.4, -0.2) is 39.3 Å². The highest BCUT2D eigenvalue weighted by Gasteiger charge is 2.19. The second-order valence-corrected chi connectivity index (χ2v) is 5.25. The molecule has 2 aromatic heterocycles. The van der Waals surface area contributed by atoms with Gasteiger partial charge in [0.05, 0.1) is 50.3 Å². The van der Waals surface area contributed by atoms with Crippen molar-refractivity contribution in [1.29, 1.82) is 0 Å². The van der Waals surface area contributed by atoms with Crippen LogP contribution in [0.3, 0.4) is 0 Å². The van der Waals surface area contributed by atoms with E-state index in [1.54, 1.807) is 6.26 Å². The normalized spacial score (nSPS) is 15.9. The molecular formula is C15H21N3O3. The van der Waals surface area contributed by atoms with E-state index < -0.39 is 0 Å². The van der Waals surface area contributed by atoms with Crippen LogP contribution < -0.4 is 0 Å². The quantitative estimate of drug-likeness (QED) is 0.815. The maximum absolute atomic E-state index is 8.79. The van der Waals surface area contributed by atoms with Crippen LogP contribution in [0.4, 0.5) is 0 Å². The average molecular weight is 291 g/mol. The number of hydrogen-bond donors (Lipinski definition) is 1. The molecule has 0 aromatic carbocycles. The third-order valence-corrected chi connectivity index (χ3v) is 3.71. The fourth-order valence-corrected chi connectivity index (χ4v) is 2.69. The summed E-state index contributed by atoms with van der Waals surface area (Å²) in [5.74, 6) is 0.987.